The summed E-state index contributed by atoms with van der Waals surface area (Å²) >= 11 is 0. The van der Waals surface area contributed by atoms with Crippen molar-refractivity contribution in [1.82, 2.24) is 9.80 Å². The average molecular weight is 229 g/mol. The second kappa shape index (κ2) is 7.63. The first kappa shape index (κ1) is 15.4. The molecule has 0 aromatic heterocycles. The van der Waals surface area contributed by atoms with Crippen LogP contribution in [-0.4, -0.2) is 54.5 Å². The van der Waals surface area contributed by atoms with E-state index in [2.05, 4.69) is 18.7 Å². The number of hydrogen-bond acceptors (Lipinski definition) is 3. The Morgan fingerprint density at radius 3 is 2.12 bits per heavy atom. The number of nitrogens with two attached hydrogens (primary N) is 1. The molecule has 0 spiro atoms. The fraction of sp³-hybridized carbons (Fsp3) is 0.917. The van der Waals surface area contributed by atoms with Crippen molar-refractivity contribution in [2.75, 3.05) is 26.7 Å². The highest BCUT2D eigenvalue weighted by Gasteiger charge is 2.17. The van der Waals surface area contributed by atoms with E-state index in [4.69, 9.17) is 5.73 Å². The molecule has 0 aliphatic rings. The van der Waals surface area contributed by atoms with Gasteiger partial charge in [-0.25, -0.2) is 0 Å². The zero-order valence-electron chi connectivity index (χ0n) is 11.4. The van der Waals surface area contributed by atoms with Crippen LogP contribution in [0.4, 0.5) is 0 Å². The molecule has 0 radical (unpaired) electrons. The third-order valence-corrected chi connectivity index (χ3v) is 2.89. The first-order valence-electron chi connectivity index (χ1n) is 6.10. The Bertz CT molecular complexity index is 204. The monoisotopic (exact) mass is 229 g/mol. The van der Waals surface area contributed by atoms with E-state index < -0.39 is 0 Å². The molecule has 0 aromatic carbocycles. The van der Waals surface area contributed by atoms with Crippen LogP contribution in [0.5, 0.6) is 0 Å². The zero-order valence-corrected chi connectivity index (χ0v) is 11.4. The number of hydrogen-bond donors (Lipinski definition) is 1. The van der Waals surface area contributed by atoms with Crippen molar-refractivity contribution in [3.05, 3.63) is 0 Å². The molecular formula is C12H27N3O. The van der Waals surface area contributed by atoms with Crippen LogP contribution in [0.1, 0.15) is 34.1 Å². The van der Waals surface area contributed by atoms with Crippen LogP contribution in [0.2, 0.25) is 0 Å². The van der Waals surface area contributed by atoms with Crippen molar-refractivity contribution < 1.29 is 4.79 Å². The maximum atomic E-state index is 11.9. The van der Waals surface area contributed by atoms with Crippen LogP contribution >= 0.6 is 0 Å². The van der Waals surface area contributed by atoms with Gasteiger partial charge in [0.05, 0.1) is 6.54 Å². The van der Waals surface area contributed by atoms with Gasteiger partial charge in [-0.15, -0.1) is 0 Å². The molecule has 0 fully saturated rings. The number of nitrogens with zero attached hydrogens (tertiary/aromatic N) is 2. The molecule has 0 unspecified atom stereocenters. The van der Waals surface area contributed by atoms with Crippen molar-refractivity contribution in [2.45, 2.75) is 46.2 Å². The van der Waals surface area contributed by atoms with Crippen molar-refractivity contribution in [1.29, 1.82) is 0 Å². The minimum atomic E-state index is 0.181. The van der Waals surface area contributed by atoms with Gasteiger partial charge in [0.2, 0.25) is 5.91 Å². The van der Waals surface area contributed by atoms with Gasteiger partial charge in [0.15, 0.2) is 0 Å². The summed E-state index contributed by atoms with van der Waals surface area (Å²) in [6.07, 6.45) is 0.941. The van der Waals surface area contributed by atoms with E-state index >= 15 is 0 Å². The van der Waals surface area contributed by atoms with E-state index in [9.17, 15) is 4.79 Å². The lowest BCUT2D eigenvalue weighted by atomic mass is 10.2. The second-order valence-corrected chi connectivity index (χ2v) is 4.80. The van der Waals surface area contributed by atoms with E-state index in [1.807, 2.05) is 20.9 Å². The highest BCUT2D eigenvalue weighted by atomic mass is 16.2. The van der Waals surface area contributed by atoms with Crippen LogP contribution < -0.4 is 5.73 Å². The lowest BCUT2D eigenvalue weighted by Gasteiger charge is -2.29. The molecule has 0 saturated carbocycles. The van der Waals surface area contributed by atoms with E-state index in [-0.39, 0.29) is 11.9 Å². The van der Waals surface area contributed by atoms with Crippen LogP contribution in [0.25, 0.3) is 0 Å². The number of rotatable bonds is 7. The summed E-state index contributed by atoms with van der Waals surface area (Å²) in [5, 5.41) is 0. The molecule has 1 amide bonds. The predicted octanol–water partition coefficient (Wildman–Crippen LogP) is 0.912. The third kappa shape index (κ3) is 5.47. The molecule has 0 aliphatic heterocycles. The van der Waals surface area contributed by atoms with Crippen molar-refractivity contribution in [3.8, 4) is 0 Å². The molecule has 16 heavy (non-hydrogen) atoms. The Morgan fingerprint density at radius 2 is 1.75 bits per heavy atom. The first-order chi connectivity index (χ1) is 7.40. The number of amides is 1. The van der Waals surface area contributed by atoms with Gasteiger partial charge in [-0.05, 0) is 40.7 Å². The van der Waals surface area contributed by atoms with Crippen molar-refractivity contribution in [2.24, 2.45) is 5.73 Å². The Hall–Kier alpha value is -0.610. The van der Waals surface area contributed by atoms with Gasteiger partial charge in [0.1, 0.15) is 0 Å². The highest BCUT2D eigenvalue weighted by molar-refractivity contribution is 5.78. The molecule has 4 nitrogen and oxygen atoms in total. The number of likely N-dealkylation sites (N-methyl/N-ethyl adjacent to an activating group) is 1. The van der Waals surface area contributed by atoms with Crippen LogP contribution in [0, 0.1) is 0 Å². The number of carbonyl (C=O) groups is 1. The van der Waals surface area contributed by atoms with Crippen molar-refractivity contribution >= 4 is 5.91 Å². The largest absolute Gasteiger partial charge is 0.342 e. The van der Waals surface area contributed by atoms with E-state index in [0.717, 1.165) is 13.0 Å². The standard InChI is InChI=1S/C12H27N3O/c1-10(2)14(5)12(16)9-15(11(3)4)8-6-7-13/h10-11H,6-9,13H2,1-5H3. The fourth-order valence-electron chi connectivity index (χ4n) is 1.39. The molecule has 0 atom stereocenters. The van der Waals surface area contributed by atoms with Crippen LogP contribution in [0.15, 0.2) is 0 Å². The Labute approximate surface area is 99.8 Å². The molecule has 0 heterocycles. The maximum Gasteiger partial charge on any atom is 0.236 e. The summed E-state index contributed by atoms with van der Waals surface area (Å²) in [7, 11) is 1.86. The highest BCUT2D eigenvalue weighted by Crippen LogP contribution is 2.02. The number of carbonyl (C=O) groups excluding carboxylic acids is 1. The summed E-state index contributed by atoms with van der Waals surface area (Å²) in [6.45, 7) is 10.3. The molecule has 0 aliphatic carbocycles. The van der Waals surface area contributed by atoms with Gasteiger partial charge in [0.25, 0.3) is 0 Å². The summed E-state index contributed by atoms with van der Waals surface area (Å²) in [6, 6.07) is 0.645. The second-order valence-electron chi connectivity index (χ2n) is 4.80. The minimum absolute atomic E-state index is 0.181. The lowest BCUT2D eigenvalue weighted by Crippen LogP contribution is -2.44. The lowest BCUT2D eigenvalue weighted by molar-refractivity contribution is -0.133. The van der Waals surface area contributed by atoms with Gasteiger partial charge in [-0.2, -0.15) is 0 Å². The van der Waals surface area contributed by atoms with E-state index in [1.54, 1.807) is 4.90 Å². The predicted molar refractivity (Wildman–Crippen MR) is 68.3 cm³/mol. The zero-order chi connectivity index (χ0) is 12.7. The van der Waals surface area contributed by atoms with Gasteiger partial charge >= 0.3 is 0 Å². The van der Waals surface area contributed by atoms with Crippen LogP contribution in [-0.2, 0) is 4.79 Å². The molecule has 4 heteroatoms. The first-order valence-corrected chi connectivity index (χ1v) is 6.10. The average Bonchev–Trinajstić information content (AvgIpc) is 2.21. The van der Waals surface area contributed by atoms with Crippen LogP contribution in [0.3, 0.4) is 0 Å². The van der Waals surface area contributed by atoms with Gasteiger partial charge in [-0.1, -0.05) is 0 Å². The summed E-state index contributed by atoms with van der Waals surface area (Å²) < 4.78 is 0. The molecular weight excluding hydrogens is 202 g/mol. The molecule has 96 valence electrons. The normalized spacial score (nSPS) is 11.6. The Morgan fingerprint density at radius 1 is 1.19 bits per heavy atom. The minimum Gasteiger partial charge on any atom is -0.342 e. The smallest absolute Gasteiger partial charge is 0.236 e. The van der Waals surface area contributed by atoms with E-state index in [0.29, 0.717) is 19.1 Å². The fourth-order valence-corrected chi connectivity index (χ4v) is 1.39. The molecule has 0 saturated heterocycles. The summed E-state index contributed by atoms with van der Waals surface area (Å²) in [4.78, 5) is 15.9. The van der Waals surface area contributed by atoms with Gasteiger partial charge in [-0.3, -0.25) is 9.69 Å². The quantitative estimate of drug-likeness (QED) is 0.706. The van der Waals surface area contributed by atoms with Gasteiger partial charge < -0.3 is 10.6 Å². The topological polar surface area (TPSA) is 49.6 Å². The maximum absolute atomic E-state index is 11.9. The third-order valence-electron chi connectivity index (χ3n) is 2.89. The summed E-state index contributed by atoms with van der Waals surface area (Å²) in [5.74, 6) is 0.181. The SMILES string of the molecule is CC(C)N(CCCN)CC(=O)N(C)C(C)C. The molecule has 0 rings (SSSR count). The molecule has 0 bridgehead atoms. The van der Waals surface area contributed by atoms with Gasteiger partial charge in [0, 0.05) is 25.7 Å². The van der Waals surface area contributed by atoms with Crippen molar-refractivity contribution in [3.63, 3.8) is 0 Å². The summed E-state index contributed by atoms with van der Waals surface area (Å²) in [5.41, 5.74) is 5.49. The van der Waals surface area contributed by atoms with E-state index in [1.165, 1.54) is 0 Å². The Balaban J connectivity index is 4.23. The Kier molecular flexibility index (Phi) is 7.34. The molecule has 0 aromatic rings. The molecule has 2 N–H and O–H groups in total.